The number of hydrogen-bond donors (Lipinski definition) is 4. The van der Waals surface area contributed by atoms with Crippen LogP contribution in [0.25, 0.3) is 17.2 Å². The van der Waals surface area contributed by atoms with Gasteiger partial charge >= 0.3 is 11.7 Å². The van der Waals surface area contributed by atoms with E-state index in [0.29, 0.717) is 36.0 Å². The Bertz CT molecular complexity index is 1820. The maximum absolute atomic E-state index is 16.2. The molecule has 1 aliphatic heterocycles. The summed E-state index contributed by atoms with van der Waals surface area (Å²) in [6.45, 7) is 2.20. The highest BCUT2D eigenvalue weighted by Gasteiger charge is 2.31. The van der Waals surface area contributed by atoms with E-state index >= 15 is 4.39 Å². The van der Waals surface area contributed by atoms with Crippen LogP contribution >= 0.6 is 0 Å². The molecule has 0 aliphatic carbocycles. The Morgan fingerprint density at radius 3 is 2.67 bits per heavy atom. The molecule has 0 amide bonds. The molecule has 1 atom stereocenters. The van der Waals surface area contributed by atoms with Gasteiger partial charge in [0.2, 0.25) is 23.2 Å². The first-order valence-corrected chi connectivity index (χ1v) is 12.6. The smallest absolute Gasteiger partial charge is 0.349 e. The Morgan fingerprint density at radius 1 is 1.21 bits per heavy atom. The fourth-order valence-electron chi connectivity index (χ4n) is 4.46. The number of hydrogen-bond acceptors (Lipinski definition) is 11. The SMILES string of the molecule is COc1cc(C(Nc2ccc(-c3noc(C)n3)cc2)c2nn(-c3[nH]ncc3C(=O)O)c(=O)[nH]2)c(F)c2c1OCCCO2. The van der Waals surface area contributed by atoms with Crippen LogP contribution in [0.3, 0.4) is 0 Å². The van der Waals surface area contributed by atoms with E-state index in [1.165, 1.54) is 13.2 Å². The number of anilines is 1. The molecule has 0 saturated heterocycles. The number of H-pyrrole nitrogens is 2. The number of rotatable bonds is 8. The second-order valence-corrected chi connectivity index (χ2v) is 9.15. The van der Waals surface area contributed by atoms with E-state index in [9.17, 15) is 14.7 Å². The second kappa shape index (κ2) is 10.7. The summed E-state index contributed by atoms with van der Waals surface area (Å²) in [4.78, 5) is 31.4. The summed E-state index contributed by atoms with van der Waals surface area (Å²) in [6, 6.07) is 7.18. The van der Waals surface area contributed by atoms with Crippen molar-refractivity contribution in [2.24, 2.45) is 0 Å². The van der Waals surface area contributed by atoms with Crippen molar-refractivity contribution in [3.8, 4) is 34.5 Å². The van der Waals surface area contributed by atoms with E-state index in [0.717, 1.165) is 10.9 Å². The monoisotopic (exact) mass is 578 g/mol. The van der Waals surface area contributed by atoms with E-state index < -0.39 is 23.5 Å². The number of carboxylic acids is 1. The summed E-state index contributed by atoms with van der Waals surface area (Å²) >= 11 is 0. The maximum Gasteiger partial charge on any atom is 0.349 e. The predicted molar refractivity (Wildman–Crippen MR) is 142 cm³/mol. The molecule has 1 unspecified atom stereocenters. The molecule has 4 N–H and O–H groups in total. The first kappa shape index (κ1) is 26.5. The molecule has 2 aromatic carbocycles. The summed E-state index contributed by atoms with van der Waals surface area (Å²) in [6.07, 6.45) is 1.59. The molecular weight excluding hydrogens is 555 g/mol. The molecule has 16 heteroatoms. The summed E-state index contributed by atoms with van der Waals surface area (Å²) < 4.78 is 38.9. The summed E-state index contributed by atoms with van der Waals surface area (Å²) in [5, 5.41) is 27.1. The molecule has 0 spiro atoms. The zero-order chi connectivity index (χ0) is 29.4. The third-order valence-corrected chi connectivity index (χ3v) is 6.43. The molecule has 216 valence electrons. The van der Waals surface area contributed by atoms with Crippen LogP contribution in [0, 0.1) is 12.7 Å². The maximum atomic E-state index is 16.2. The van der Waals surface area contributed by atoms with Gasteiger partial charge in [-0.1, -0.05) is 5.16 Å². The fourth-order valence-corrected chi connectivity index (χ4v) is 4.46. The number of ether oxygens (including phenoxy) is 3. The number of aromatic nitrogens is 7. The number of nitrogens with one attached hydrogen (secondary N) is 3. The minimum Gasteiger partial charge on any atom is -0.493 e. The second-order valence-electron chi connectivity index (χ2n) is 9.15. The van der Waals surface area contributed by atoms with Crippen LogP contribution < -0.4 is 25.2 Å². The average molecular weight is 579 g/mol. The number of aryl methyl sites for hydroxylation is 1. The molecule has 3 aromatic heterocycles. The number of fused-ring (bicyclic) bond motifs is 1. The van der Waals surface area contributed by atoms with Gasteiger partial charge in [-0.25, -0.2) is 14.0 Å². The third-order valence-electron chi connectivity index (χ3n) is 6.43. The third kappa shape index (κ3) is 4.78. The summed E-state index contributed by atoms with van der Waals surface area (Å²) in [7, 11) is 1.41. The van der Waals surface area contributed by atoms with Crippen LogP contribution in [0.4, 0.5) is 10.1 Å². The molecule has 0 bridgehead atoms. The molecule has 6 rings (SSSR count). The molecule has 0 fully saturated rings. The Hall–Kier alpha value is -5.67. The van der Waals surface area contributed by atoms with Gasteiger partial charge in [0.1, 0.15) is 11.6 Å². The van der Waals surface area contributed by atoms with Gasteiger partial charge < -0.3 is 29.2 Å². The Kier molecular flexibility index (Phi) is 6.77. The van der Waals surface area contributed by atoms with Crippen LogP contribution in [0.15, 0.2) is 45.8 Å². The van der Waals surface area contributed by atoms with Crippen molar-refractivity contribution < 1.29 is 33.0 Å². The van der Waals surface area contributed by atoms with Crippen molar-refractivity contribution in [2.75, 3.05) is 25.6 Å². The molecule has 4 heterocycles. The highest BCUT2D eigenvalue weighted by atomic mass is 19.1. The lowest BCUT2D eigenvalue weighted by Crippen LogP contribution is -2.18. The minimum atomic E-state index is -1.32. The Balaban J connectivity index is 1.46. The Morgan fingerprint density at radius 2 is 1.98 bits per heavy atom. The molecule has 0 radical (unpaired) electrons. The zero-order valence-corrected chi connectivity index (χ0v) is 22.2. The first-order chi connectivity index (χ1) is 20.3. The van der Waals surface area contributed by atoms with Crippen LogP contribution in [-0.2, 0) is 0 Å². The van der Waals surface area contributed by atoms with Crippen molar-refractivity contribution in [2.45, 2.75) is 19.4 Å². The highest BCUT2D eigenvalue weighted by molar-refractivity contribution is 5.90. The standard InChI is InChI=1S/C26H23FN8O7/c1-12-29-22(34-42-12)13-4-6-14(7-5-13)30-19(15-10-17(39-2)20-21(18(15)27)41-9-3-8-40-20)23-31-26(38)35(33-23)24-16(25(36)37)11-28-32-24/h4-7,10-11,19,30H,3,8-9H2,1-2H3,(H,28,32)(H,36,37)(H,31,33,38). The van der Waals surface area contributed by atoms with Gasteiger partial charge in [0.05, 0.1) is 26.5 Å². The van der Waals surface area contributed by atoms with E-state index in [1.54, 1.807) is 31.2 Å². The van der Waals surface area contributed by atoms with Crippen molar-refractivity contribution in [3.63, 3.8) is 0 Å². The van der Waals surface area contributed by atoms with Crippen molar-refractivity contribution in [1.29, 1.82) is 0 Å². The summed E-state index contributed by atoms with van der Waals surface area (Å²) in [5.74, 6) is -1.30. The van der Waals surface area contributed by atoms with E-state index in [4.69, 9.17) is 18.7 Å². The fraction of sp³-hybridized carbons (Fsp3) is 0.231. The molecule has 0 saturated carbocycles. The van der Waals surface area contributed by atoms with E-state index in [1.807, 2.05) is 0 Å². The number of nitrogens with zero attached hydrogens (tertiary/aromatic N) is 5. The van der Waals surface area contributed by atoms with Crippen LogP contribution in [0.5, 0.6) is 17.2 Å². The normalized spacial score (nSPS) is 13.4. The number of benzene rings is 2. The van der Waals surface area contributed by atoms with Crippen LogP contribution in [0.2, 0.25) is 0 Å². The van der Waals surface area contributed by atoms with Gasteiger partial charge in [-0.15, -0.1) is 5.10 Å². The Labute approximate surface area is 235 Å². The summed E-state index contributed by atoms with van der Waals surface area (Å²) in [5.41, 5.74) is 0.134. The molecule has 1 aliphatic rings. The number of methoxy groups -OCH3 is 1. The van der Waals surface area contributed by atoms with E-state index in [2.05, 4.69) is 35.7 Å². The number of carbonyl (C=O) groups is 1. The lowest BCUT2D eigenvalue weighted by Gasteiger charge is -2.22. The average Bonchev–Trinajstić information content (AvgIpc) is 3.68. The largest absolute Gasteiger partial charge is 0.493 e. The highest BCUT2D eigenvalue weighted by Crippen LogP contribution is 2.45. The van der Waals surface area contributed by atoms with Crippen LogP contribution in [0.1, 0.15) is 40.1 Å². The van der Waals surface area contributed by atoms with Gasteiger partial charge in [0, 0.05) is 30.2 Å². The van der Waals surface area contributed by atoms with E-state index in [-0.39, 0.29) is 46.6 Å². The lowest BCUT2D eigenvalue weighted by molar-refractivity contribution is 0.0696. The van der Waals surface area contributed by atoms with Crippen molar-refractivity contribution in [1.82, 2.24) is 35.1 Å². The zero-order valence-electron chi connectivity index (χ0n) is 22.2. The number of aromatic amines is 2. The number of aromatic carboxylic acids is 1. The van der Waals surface area contributed by atoms with Gasteiger partial charge in [0.15, 0.2) is 23.2 Å². The van der Waals surface area contributed by atoms with Gasteiger partial charge in [-0.05, 0) is 30.3 Å². The first-order valence-electron chi connectivity index (χ1n) is 12.6. The number of halogens is 1. The minimum absolute atomic E-state index is 0.0120. The topological polar surface area (TPSA) is 195 Å². The van der Waals surface area contributed by atoms with Gasteiger partial charge in [0.25, 0.3) is 0 Å². The molecular formula is C26H23FN8O7. The molecule has 5 aromatic rings. The quantitative estimate of drug-likeness (QED) is 0.210. The molecule has 42 heavy (non-hydrogen) atoms. The lowest BCUT2D eigenvalue weighted by atomic mass is 10.0. The molecule has 15 nitrogen and oxygen atoms in total. The van der Waals surface area contributed by atoms with Crippen molar-refractivity contribution >= 4 is 11.7 Å². The van der Waals surface area contributed by atoms with Crippen LogP contribution in [-0.4, -0.2) is 66.5 Å². The van der Waals surface area contributed by atoms with Gasteiger partial charge in [-0.2, -0.15) is 14.8 Å². The number of carboxylic acid groups (broad SMARTS) is 1. The van der Waals surface area contributed by atoms with Gasteiger partial charge in [-0.3, -0.25) is 10.1 Å². The predicted octanol–water partition coefficient (Wildman–Crippen LogP) is 2.85. The van der Waals surface area contributed by atoms with Crippen molar-refractivity contribution in [3.05, 3.63) is 75.7 Å².